The first-order valence-electron chi connectivity index (χ1n) is 8.66. The predicted molar refractivity (Wildman–Crippen MR) is 91.0 cm³/mol. The second-order valence-corrected chi connectivity index (χ2v) is 6.33. The zero-order valence-electron chi connectivity index (χ0n) is 13.7. The lowest BCUT2D eigenvalue weighted by Gasteiger charge is -2.23. The average molecular weight is 320 g/mol. The lowest BCUT2D eigenvalue weighted by atomic mass is 10.0. The Labute approximate surface area is 138 Å². The summed E-state index contributed by atoms with van der Waals surface area (Å²) in [5.74, 6) is 0.152. The molecule has 1 atom stereocenters. The third-order valence-electron chi connectivity index (χ3n) is 4.45. The first-order chi connectivity index (χ1) is 11.2. The summed E-state index contributed by atoms with van der Waals surface area (Å²) in [6, 6.07) is -0.418. The number of aliphatic imine (C=N–C) groups is 1. The molecule has 6 nitrogen and oxygen atoms in total. The molecule has 1 saturated carbocycles. The fourth-order valence-electron chi connectivity index (χ4n) is 3.10. The van der Waals surface area contributed by atoms with Crippen LogP contribution in [0.25, 0.3) is 0 Å². The van der Waals surface area contributed by atoms with Crippen LogP contribution in [-0.2, 0) is 9.59 Å². The minimum atomic E-state index is -0.418. The fraction of sp³-hybridized carbons (Fsp3) is 0.706. The number of carbonyl (C=O) groups excluding carboxylic acids is 2. The number of Topliss-reactive ketones (excluding diaryl/α,β-unsaturated/α-hetero) is 1. The molecule has 1 heterocycles. The molecule has 6 heteroatoms. The molecular weight excluding hydrogens is 292 g/mol. The van der Waals surface area contributed by atoms with Gasteiger partial charge in [-0.3, -0.25) is 14.6 Å². The molecule has 0 unspecified atom stereocenters. The van der Waals surface area contributed by atoms with Gasteiger partial charge in [-0.15, -0.1) is 0 Å². The smallest absolute Gasteiger partial charge is 0.223 e. The van der Waals surface area contributed by atoms with Gasteiger partial charge in [-0.25, -0.2) is 0 Å². The van der Waals surface area contributed by atoms with Gasteiger partial charge in [0.2, 0.25) is 5.91 Å². The molecule has 0 saturated heterocycles. The summed E-state index contributed by atoms with van der Waals surface area (Å²) >= 11 is 0. The van der Waals surface area contributed by atoms with E-state index in [1.807, 2.05) is 12.3 Å². The molecule has 3 N–H and O–H groups in total. The molecule has 1 aliphatic carbocycles. The minimum absolute atomic E-state index is 0.0337. The van der Waals surface area contributed by atoms with Crippen LogP contribution in [0.15, 0.2) is 17.3 Å². The maximum Gasteiger partial charge on any atom is 0.223 e. The summed E-state index contributed by atoms with van der Waals surface area (Å²) in [4.78, 5) is 30.8. The molecule has 0 aromatic heterocycles. The Morgan fingerprint density at radius 2 is 2.09 bits per heavy atom. The van der Waals surface area contributed by atoms with E-state index in [0.717, 1.165) is 38.5 Å². The van der Waals surface area contributed by atoms with E-state index in [0.29, 0.717) is 19.5 Å². The van der Waals surface area contributed by atoms with Gasteiger partial charge in [0.15, 0.2) is 5.78 Å². The first kappa shape index (κ1) is 17.7. The Kier molecular flexibility index (Phi) is 7.26. The molecule has 1 fully saturated rings. The fourth-order valence-corrected chi connectivity index (χ4v) is 3.10. The monoisotopic (exact) mass is 320 g/mol. The zero-order valence-corrected chi connectivity index (χ0v) is 13.7. The maximum atomic E-state index is 12.6. The molecule has 0 bridgehead atoms. The number of nitrogens with one attached hydrogen (secondary N) is 1. The van der Waals surface area contributed by atoms with Crippen LogP contribution < -0.4 is 11.1 Å². The topological polar surface area (TPSA) is 87.8 Å². The van der Waals surface area contributed by atoms with Crippen LogP contribution in [0.1, 0.15) is 44.9 Å². The second-order valence-electron chi connectivity index (χ2n) is 6.33. The van der Waals surface area contributed by atoms with E-state index in [-0.39, 0.29) is 24.2 Å². The number of ketones is 1. The largest absolute Gasteiger partial charge is 0.346 e. The van der Waals surface area contributed by atoms with E-state index in [9.17, 15) is 9.59 Å². The highest BCUT2D eigenvalue weighted by atomic mass is 16.2. The summed E-state index contributed by atoms with van der Waals surface area (Å²) in [6.45, 7) is 1.51. The molecular formula is C17H28N4O2. The number of amides is 1. The van der Waals surface area contributed by atoms with Crippen LogP contribution in [0, 0.1) is 5.92 Å². The number of unbranched alkanes of at least 4 members (excludes halogenated alkanes) is 1. The molecule has 1 amide bonds. The zero-order chi connectivity index (χ0) is 16.5. The van der Waals surface area contributed by atoms with Gasteiger partial charge in [-0.2, -0.15) is 0 Å². The second kappa shape index (κ2) is 9.45. The molecule has 0 spiro atoms. The van der Waals surface area contributed by atoms with Gasteiger partial charge in [0.05, 0.1) is 25.5 Å². The van der Waals surface area contributed by atoms with Crippen molar-refractivity contribution in [2.75, 3.05) is 19.6 Å². The van der Waals surface area contributed by atoms with Crippen LogP contribution >= 0.6 is 0 Å². The summed E-state index contributed by atoms with van der Waals surface area (Å²) < 4.78 is 0. The maximum absolute atomic E-state index is 12.6. The molecule has 0 aromatic rings. The van der Waals surface area contributed by atoms with E-state index in [2.05, 4.69) is 10.3 Å². The van der Waals surface area contributed by atoms with Gasteiger partial charge in [0.1, 0.15) is 0 Å². The molecule has 128 valence electrons. The van der Waals surface area contributed by atoms with Crippen molar-refractivity contribution in [2.45, 2.75) is 51.0 Å². The van der Waals surface area contributed by atoms with Crippen molar-refractivity contribution in [3.63, 3.8) is 0 Å². The lowest BCUT2D eigenvalue weighted by molar-refractivity contribution is -0.130. The first-order valence-corrected chi connectivity index (χ1v) is 8.66. The quantitative estimate of drug-likeness (QED) is 0.625. The van der Waals surface area contributed by atoms with Gasteiger partial charge < -0.3 is 16.0 Å². The van der Waals surface area contributed by atoms with Gasteiger partial charge >= 0.3 is 0 Å². The van der Waals surface area contributed by atoms with Crippen molar-refractivity contribution in [1.29, 1.82) is 0 Å². The van der Waals surface area contributed by atoms with Crippen molar-refractivity contribution in [2.24, 2.45) is 16.6 Å². The third kappa shape index (κ3) is 5.78. The highest BCUT2D eigenvalue weighted by Crippen LogP contribution is 2.25. The van der Waals surface area contributed by atoms with Crippen molar-refractivity contribution in [3.05, 3.63) is 12.3 Å². The molecule has 0 aromatic carbocycles. The van der Waals surface area contributed by atoms with E-state index in [1.165, 1.54) is 0 Å². The summed E-state index contributed by atoms with van der Waals surface area (Å²) in [6.07, 6.45) is 11.9. The van der Waals surface area contributed by atoms with Crippen LogP contribution in [-0.4, -0.2) is 48.6 Å². The Morgan fingerprint density at radius 3 is 2.74 bits per heavy atom. The van der Waals surface area contributed by atoms with Gasteiger partial charge in [-0.1, -0.05) is 12.8 Å². The third-order valence-corrected chi connectivity index (χ3v) is 4.45. The van der Waals surface area contributed by atoms with Crippen LogP contribution in [0.4, 0.5) is 0 Å². The number of nitrogens with zero attached hydrogens (tertiary/aromatic N) is 2. The number of nitrogens with two attached hydrogens (primary N) is 1. The minimum Gasteiger partial charge on any atom is -0.346 e. The van der Waals surface area contributed by atoms with E-state index < -0.39 is 6.04 Å². The Bertz CT molecular complexity index is 444. The molecule has 1 aliphatic heterocycles. The number of carbonyl (C=O) groups is 2. The van der Waals surface area contributed by atoms with Gasteiger partial charge in [-0.05, 0) is 44.7 Å². The van der Waals surface area contributed by atoms with Crippen molar-refractivity contribution in [1.82, 2.24) is 10.2 Å². The van der Waals surface area contributed by atoms with Crippen LogP contribution in [0.5, 0.6) is 0 Å². The number of hydrogen-bond donors (Lipinski definition) is 2. The van der Waals surface area contributed by atoms with E-state index in [1.54, 1.807) is 11.2 Å². The number of rotatable bonds is 9. The number of hydrogen-bond acceptors (Lipinski definition) is 5. The Morgan fingerprint density at radius 1 is 1.30 bits per heavy atom. The Hall–Kier alpha value is -1.69. The normalized spacial score (nSPS) is 19.1. The van der Waals surface area contributed by atoms with Gasteiger partial charge in [0.25, 0.3) is 0 Å². The molecule has 2 aliphatic rings. The SMILES string of the molecule is NCCCC[C@H](NC(=O)C1CCCC1)C(=O)CN1C=CCN=C1. The summed E-state index contributed by atoms with van der Waals surface area (Å²) in [7, 11) is 0. The lowest BCUT2D eigenvalue weighted by Crippen LogP contribution is -2.46. The predicted octanol–water partition coefficient (Wildman–Crippen LogP) is 1.22. The van der Waals surface area contributed by atoms with E-state index >= 15 is 0 Å². The Balaban J connectivity index is 1.89. The summed E-state index contributed by atoms with van der Waals surface area (Å²) in [5.41, 5.74) is 5.53. The summed E-state index contributed by atoms with van der Waals surface area (Å²) in [5, 5.41) is 2.98. The molecule has 0 radical (unpaired) electrons. The van der Waals surface area contributed by atoms with Crippen LogP contribution in [0.3, 0.4) is 0 Å². The molecule has 23 heavy (non-hydrogen) atoms. The standard InChI is InChI=1S/C17H28N4O2/c18-9-4-3-8-15(20-17(23)14-6-1-2-7-14)16(22)12-21-11-5-10-19-13-21/h5,11,13-15H,1-4,6-10,12,18H2,(H,20,23)/t15-/m0/s1. The van der Waals surface area contributed by atoms with Crippen molar-refractivity contribution >= 4 is 18.0 Å². The van der Waals surface area contributed by atoms with Crippen LogP contribution in [0.2, 0.25) is 0 Å². The van der Waals surface area contributed by atoms with Gasteiger partial charge in [0, 0.05) is 12.1 Å². The highest BCUT2D eigenvalue weighted by molar-refractivity contribution is 5.92. The highest BCUT2D eigenvalue weighted by Gasteiger charge is 2.27. The van der Waals surface area contributed by atoms with Crippen molar-refractivity contribution in [3.8, 4) is 0 Å². The van der Waals surface area contributed by atoms with Crippen molar-refractivity contribution < 1.29 is 9.59 Å². The average Bonchev–Trinajstić information content (AvgIpc) is 3.09. The van der Waals surface area contributed by atoms with E-state index in [4.69, 9.17) is 5.73 Å². The molecule has 2 rings (SSSR count).